The summed E-state index contributed by atoms with van der Waals surface area (Å²) in [7, 11) is 0. The molecule has 2 heteroatoms. The SMILES string of the molecule is CCC(CC)C(C(=O)O)c1ccc(C)c(C)c1. The van der Waals surface area contributed by atoms with E-state index >= 15 is 0 Å². The lowest BCUT2D eigenvalue weighted by Gasteiger charge is -2.22. The van der Waals surface area contributed by atoms with Crippen LogP contribution >= 0.6 is 0 Å². The zero-order chi connectivity index (χ0) is 13.0. The summed E-state index contributed by atoms with van der Waals surface area (Å²) in [6, 6.07) is 5.99. The zero-order valence-corrected chi connectivity index (χ0v) is 11.2. The summed E-state index contributed by atoms with van der Waals surface area (Å²) in [5, 5.41) is 9.42. The van der Waals surface area contributed by atoms with Crippen LogP contribution in [-0.2, 0) is 4.79 Å². The van der Waals surface area contributed by atoms with Crippen molar-refractivity contribution < 1.29 is 9.90 Å². The molecule has 0 aromatic heterocycles. The zero-order valence-electron chi connectivity index (χ0n) is 11.2. The van der Waals surface area contributed by atoms with Crippen LogP contribution < -0.4 is 0 Å². The first-order valence-electron chi connectivity index (χ1n) is 6.31. The van der Waals surface area contributed by atoms with Gasteiger partial charge in [-0.15, -0.1) is 0 Å². The summed E-state index contributed by atoms with van der Waals surface area (Å²) in [5.41, 5.74) is 3.32. The van der Waals surface area contributed by atoms with Gasteiger partial charge in [-0.05, 0) is 36.5 Å². The maximum atomic E-state index is 11.5. The lowest BCUT2D eigenvalue weighted by atomic mass is 9.82. The van der Waals surface area contributed by atoms with E-state index in [9.17, 15) is 9.90 Å². The summed E-state index contributed by atoms with van der Waals surface area (Å²) in [6.07, 6.45) is 1.81. The molecule has 0 aliphatic rings. The van der Waals surface area contributed by atoms with Crippen molar-refractivity contribution in [2.24, 2.45) is 5.92 Å². The van der Waals surface area contributed by atoms with Gasteiger partial charge in [0.1, 0.15) is 0 Å². The van der Waals surface area contributed by atoms with Crippen molar-refractivity contribution in [1.82, 2.24) is 0 Å². The highest BCUT2D eigenvalue weighted by Gasteiger charge is 2.27. The first-order chi connectivity index (χ1) is 8.01. The second kappa shape index (κ2) is 5.85. The number of carboxylic acid groups (broad SMARTS) is 1. The van der Waals surface area contributed by atoms with Gasteiger partial charge in [0.05, 0.1) is 5.92 Å². The fraction of sp³-hybridized carbons (Fsp3) is 0.533. The van der Waals surface area contributed by atoms with E-state index in [2.05, 4.69) is 13.8 Å². The third kappa shape index (κ3) is 3.09. The second-order valence-electron chi connectivity index (χ2n) is 4.74. The van der Waals surface area contributed by atoms with Gasteiger partial charge in [-0.25, -0.2) is 0 Å². The van der Waals surface area contributed by atoms with Crippen molar-refractivity contribution in [3.05, 3.63) is 34.9 Å². The molecule has 1 atom stereocenters. The molecule has 2 nitrogen and oxygen atoms in total. The molecular formula is C15H22O2. The van der Waals surface area contributed by atoms with Gasteiger partial charge in [0, 0.05) is 0 Å². The molecule has 0 aliphatic carbocycles. The molecule has 0 heterocycles. The molecule has 0 saturated heterocycles. The van der Waals surface area contributed by atoms with E-state index < -0.39 is 5.97 Å². The number of benzene rings is 1. The molecule has 1 rings (SSSR count). The maximum absolute atomic E-state index is 11.5. The summed E-state index contributed by atoms with van der Waals surface area (Å²) in [4.78, 5) is 11.5. The normalized spacial score (nSPS) is 12.8. The maximum Gasteiger partial charge on any atom is 0.311 e. The van der Waals surface area contributed by atoms with E-state index in [0.29, 0.717) is 0 Å². The lowest BCUT2D eigenvalue weighted by Crippen LogP contribution is -2.21. The minimum absolute atomic E-state index is 0.217. The molecule has 1 N–H and O–H groups in total. The minimum atomic E-state index is -0.707. The van der Waals surface area contributed by atoms with E-state index in [1.54, 1.807) is 0 Å². The Bertz CT molecular complexity index is 392. The number of hydrogen-bond acceptors (Lipinski definition) is 1. The van der Waals surface area contributed by atoms with E-state index in [1.807, 2.05) is 32.0 Å². The van der Waals surface area contributed by atoms with Crippen molar-refractivity contribution in [2.75, 3.05) is 0 Å². The molecule has 0 fully saturated rings. The van der Waals surface area contributed by atoms with Gasteiger partial charge >= 0.3 is 5.97 Å². The quantitative estimate of drug-likeness (QED) is 0.838. The molecule has 0 aliphatic heterocycles. The Morgan fingerprint density at radius 3 is 2.18 bits per heavy atom. The Morgan fingerprint density at radius 2 is 1.76 bits per heavy atom. The largest absolute Gasteiger partial charge is 0.481 e. The molecule has 0 bridgehead atoms. The van der Waals surface area contributed by atoms with E-state index in [4.69, 9.17) is 0 Å². The van der Waals surface area contributed by atoms with Crippen LogP contribution in [0.2, 0.25) is 0 Å². The van der Waals surface area contributed by atoms with Crippen LogP contribution in [0.5, 0.6) is 0 Å². The molecular weight excluding hydrogens is 212 g/mol. The predicted octanol–water partition coefficient (Wildman–Crippen LogP) is 3.91. The topological polar surface area (TPSA) is 37.3 Å². The summed E-state index contributed by atoms with van der Waals surface area (Å²) in [5.74, 6) is -0.860. The van der Waals surface area contributed by atoms with Crippen LogP contribution in [0.25, 0.3) is 0 Å². The number of aryl methyl sites for hydroxylation is 2. The highest BCUT2D eigenvalue weighted by atomic mass is 16.4. The number of carboxylic acids is 1. The van der Waals surface area contributed by atoms with E-state index in [-0.39, 0.29) is 11.8 Å². The fourth-order valence-electron chi connectivity index (χ4n) is 2.33. The van der Waals surface area contributed by atoms with Crippen LogP contribution in [0.3, 0.4) is 0 Å². The van der Waals surface area contributed by atoms with E-state index in [1.165, 1.54) is 11.1 Å². The molecule has 94 valence electrons. The van der Waals surface area contributed by atoms with Crippen molar-refractivity contribution in [1.29, 1.82) is 0 Å². The third-order valence-corrected chi connectivity index (χ3v) is 3.68. The molecule has 0 radical (unpaired) electrons. The van der Waals surface area contributed by atoms with Crippen LogP contribution in [-0.4, -0.2) is 11.1 Å². The second-order valence-corrected chi connectivity index (χ2v) is 4.74. The Kier molecular flexibility index (Phi) is 4.73. The minimum Gasteiger partial charge on any atom is -0.481 e. The first kappa shape index (κ1) is 13.8. The third-order valence-electron chi connectivity index (χ3n) is 3.68. The predicted molar refractivity (Wildman–Crippen MR) is 70.4 cm³/mol. The van der Waals surface area contributed by atoms with E-state index in [0.717, 1.165) is 18.4 Å². The van der Waals surface area contributed by atoms with Gasteiger partial charge in [0.2, 0.25) is 0 Å². The number of aliphatic carboxylic acids is 1. The van der Waals surface area contributed by atoms with Crippen molar-refractivity contribution >= 4 is 5.97 Å². The van der Waals surface area contributed by atoms with Crippen LogP contribution in [0.4, 0.5) is 0 Å². The molecule has 17 heavy (non-hydrogen) atoms. The number of hydrogen-bond donors (Lipinski definition) is 1. The molecule has 1 unspecified atom stereocenters. The number of rotatable bonds is 5. The number of carbonyl (C=O) groups is 1. The molecule has 1 aromatic carbocycles. The van der Waals surface area contributed by atoms with Gasteiger partial charge in [0.25, 0.3) is 0 Å². The van der Waals surface area contributed by atoms with Gasteiger partial charge in [-0.1, -0.05) is 44.9 Å². The average molecular weight is 234 g/mol. The highest BCUT2D eigenvalue weighted by molar-refractivity contribution is 5.76. The standard InChI is InChI=1S/C15H22O2/c1-5-12(6-2)14(15(16)17)13-8-7-10(3)11(4)9-13/h7-9,12,14H,5-6H2,1-4H3,(H,16,17). The van der Waals surface area contributed by atoms with Crippen molar-refractivity contribution in [3.63, 3.8) is 0 Å². The van der Waals surface area contributed by atoms with Gasteiger partial charge < -0.3 is 5.11 Å². The smallest absolute Gasteiger partial charge is 0.311 e. The van der Waals surface area contributed by atoms with Crippen LogP contribution in [0.1, 0.15) is 49.3 Å². The molecule has 1 aromatic rings. The highest BCUT2D eigenvalue weighted by Crippen LogP contribution is 2.31. The van der Waals surface area contributed by atoms with Crippen molar-refractivity contribution in [2.45, 2.75) is 46.5 Å². The Morgan fingerprint density at radius 1 is 1.18 bits per heavy atom. The average Bonchev–Trinajstić information content (AvgIpc) is 2.29. The van der Waals surface area contributed by atoms with Crippen LogP contribution in [0.15, 0.2) is 18.2 Å². The molecule has 0 saturated carbocycles. The molecule has 0 amide bonds. The fourth-order valence-corrected chi connectivity index (χ4v) is 2.33. The van der Waals surface area contributed by atoms with Gasteiger partial charge in [-0.2, -0.15) is 0 Å². The van der Waals surface area contributed by atoms with Gasteiger partial charge in [0.15, 0.2) is 0 Å². The molecule has 0 spiro atoms. The Balaban J connectivity index is 3.13. The summed E-state index contributed by atoms with van der Waals surface area (Å²) >= 11 is 0. The van der Waals surface area contributed by atoms with Crippen LogP contribution in [0, 0.1) is 19.8 Å². The summed E-state index contributed by atoms with van der Waals surface area (Å²) < 4.78 is 0. The van der Waals surface area contributed by atoms with Gasteiger partial charge in [-0.3, -0.25) is 4.79 Å². The Hall–Kier alpha value is -1.31. The van der Waals surface area contributed by atoms with Crippen molar-refractivity contribution in [3.8, 4) is 0 Å². The summed E-state index contributed by atoms with van der Waals surface area (Å²) in [6.45, 7) is 8.20. The Labute approximate surface area is 104 Å². The monoisotopic (exact) mass is 234 g/mol. The first-order valence-corrected chi connectivity index (χ1v) is 6.31. The lowest BCUT2D eigenvalue weighted by molar-refractivity contribution is -0.140.